The molecule has 0 atom stereocenters. The second kappa shape index (κ2) is 10.0. The number of carbonyl (C=O) groups is 1. The van der Waals surface area contributed by atoms with Crippen LogP contribution >= 0.6 is 23.4 Å². The van der Waals surface area contributed by atoms with E-state index in [0.29, 0.717) is 29.4 Å². The molecular weight excluding hydrogens is 472 g/mol. The highest BCUT2D eigenvalue weighted by molar-refractivity contribution is 7.99. The third-order valence-electron chi connectivity index (χ3n) is 4.91. The average molecular weight is 493 g/mol. The van der Waals surface area contributed by atoms with Gasteiger partial charge in [-0.05, 0) is 43.2 Å². The van der Waals surface area contributed by atoms with Crippen molar-refractivity contribution in [3.05, 3.63) is 53.6 Å². The number of thioether (sulfide) groups is 1. The van der Waals surface area contributed by atoms with E-state index in [1.54, 1.807) is 42.5 Å². The number of carbonyl (C=O) groups excluding carboxylic acids is 1. The van der Waals surface area contributed by atoms with Gasteiger partial charge in [0.25, 0.3) is 5.22 Å². The predicted octanol–water partition coefficient (Wildman–Crippen LogP) is 4.30. The Hall–Kier alpha value is -2.40. The zero-order valence-electron chi connectivity index (χ0n) is 17.0. The van der Waals surface area contributed by atoms with Crippen LogP contribution in [0.15, 0.2) is 63.1 Å². The molecule has 11 heteroatoms. The molecule has 4 rings (SSSR count). The fourth-order valence-corrected chi connectivity index (χ4v) is 5.61. The molecule has 0 unspecified atom stereocenters. The number of nitrogens with one attached hydrogen (secondary N) is 1. The van der Waals surface area contributed by atoms with Crippen molar-refractivity contribution in [1.82, 2.24) is 14.5 Å². The maximum absolute atomic E-state index is 12.9. The Balaban J connectivity index is 1.42. The topological polar surface area (TPSA) is 105 Å². The van der Waals surface area contributed by atoms with Crippen molar-refractivity contribution in [3.8, 4) is 11.5 Å². The highest BCUT2D eigenvalue weighted by atomic mass is 35.5. The second-order valence-electron chi connectivity index (χ2n) is 7.18. The number of aromatic nitrogens is 2. The van der Waals surface area contributed by atoms with Crippen molar-refractivity contribution in [2.24, 2.45) is 0 Å². The first-order chi connectivity index (χ1) is 15.4. The number of amides is 1. The monoisotopic (exact) mass is 492 g/mol. The number of sulfonamides is 1. The van der Waals surface area contributed by atoms with Crippen molar-refractivity contribution in [1.29, 1.82) is 0 Å². The Labute approximate surface area is 195 Å². The molecule has 1 aromatic heterocycles. The van der Waals surface area contributed by atoms with E-state index < -0.39 is 10.0 Å². The van der Waals surface area contributed by atoms with E-state index in [4.69, 9.17) is 16.0 Å². The van der Waals surface area contributed by atoms with E-state index in [1.807, 2.05) is 0 Å². The molecule has 1 amide bonds. The Morgan fingerprint density at radius 1 is 1.09 bits per heavy atom. The largest absolute Gasteiger partial charge is 0.411 e. The Morgan fingerprint density at radius 2 is 1.88 bits per heavy atom. The third kappa shape index (κ3) is 5.32. The van der Waals surface area contributed by atoms with E-state index in [-0.39, 0.29) is 27.7 Å². The minimum atomic E-state index is -3.57. The first-order valence-corrected chi connectivity index (χ1v) is 12.8. The molecule has 1 N–H and O–H groups in total. The van der Waals surface area contributed by atoms with E-state index in [0.717, 1.165) is 31.0 Å². The van der Waals surface area contributed by atoms with Crippen LogP contribution in [0, 0.1) is 0 Å². The Morgan fingerprint density at radius 3 is 2.66 bits per heavy atom. The molecule has 0 radical (unpaired) electrons. The predicted molar refractivity (Wildman–Crippen MR) is 123 cm³/mol. The molecule has 168 valence electrons. The van der Waals surface area contributed by atoms with E-state index in [9.17, 15) is 13.2 Å². The van der Waals surface area contributed by atoms with Crippen LogP contribution in [-0.4, -0.2) is 47.7 Å². The Kier molecular flexibility index (Phi) is 7.14. The molecule has 0 aliphatic carbocycles. The van der Waals surface area contributed by atoms with Crippen LogP contribution in [0.25, 0.3) is 11.5 Å². The zero-order chi connectivity index (χ0) is 22.6. The summed E-state index contributed by atoms with van der Waals surface area (Å²) in [7, 11) is -3.57. The highest BCUT2D eigenvalue weighted by Crippen LogP contribution is 2.28. The highest BCUT2D eigenvalue weighted by Gasteiger charge is 2.26. The minimum absolute atomic E-state index is 0.0518. The number of anilines is 1. The average Bonchev–Trinajstić information content (AvgIpc) is 3.29. The number of rotatable bonds is 7. The van der Waals surface area contributed by atoms with Crippen LogP contribution in [0.2, 0.25) is 5.02 Å². The SMILES string of the molecule is O=C(CSc1nnc(-c2cccc(S(=O)(=O)N3CCCCC3)c2)o1)Nc1ccccc1Cl. The first kappa shape index (κ1) is 22.8. The van der Waals surface area contributed by atoms with Crippen LogP contribution in [0.4, 0.5) is 5.69 Å². The fourth-order valence-electron chi connectivity index (χ4n) is 3.30. The summed E-state index contributed by atoms with van der Waals surface area (Å²) in [6.45, 7) is 1.06. The number of benzene rings is 2. The van der Waals surface area contributed by atoms with Gasteiger partial charge >= 0.3 is 0 Å². The molecular formula is C21H21ClN4O4S2. The molecule has 2 aromatic carbocycles. The molecule has 1 fully saturated rings. The summed E-state index contributed by atoms with van der Waals surface area (Å²) in [5.41, 5.74) is 1.03. The summed E-state index contributed by atoms with van der Waals surface area (Å²) in [5.74, 6) is -0.0249. The van der Waals surface area contributed by atoms with Crippen LogP contribution < -0.4 is 5.32 Å². The number of piperidine rings is 1. The second-order valence-corrected chi connectivity index (χ2v) is 10.5. The smallest absolute Gasteiger partial charge is 0.277 e. The van der Waals surface area contributed by atoms with Gasteiger partial charge in [-0.1, -0.05) is 48.0 Å². The maximum atomic E-state index is 12.9. The molecule has 1 saturated heterocycles. The summed E-state index contributed by atoms with van der Waals surface area (Å²) in [6, 6.07) is 13.4. The summed E-state index contributed by atoms with van der Waals surface area (Å²) in [4.78, 5) is 12.4. The Bertz CT molecular complexity index is 1210. The van der Waals surface area contributed by atoms with Gasteiger partial charge < -0.3 is 9.73 Å². The van der Waals surface area contributed by atoms with Crippen LogP contribution in [0.1, 0.15) is 19.3 Å². The number of halogens is 1. The van der Waals surface area contributed by atoms with Crippen LogP contribution in [-0.2, 0) is 14.8 Å². The summed E-state index contributed by atoms with van der Waals surface area (Å²) >= 11 is 7.12. The summed E-state index contributed by atoms with van der Waals surface area (Å²) in [6.07, 6.45) is 2.78. The molecule has 0 spiro atoms. The van der Waals surface area contributed by atoms with Crippen LogP contribution in [0.3, 0.4) is 0 Å². The molecule has 1 aliphatic heterocycles. The van der Waals surface area contributed by atoms with Crippen molar-refractivity contribution in [2.45, 2.75) is 29.4 Å². The minimum Gasteiger partial charge on any atom is -0.411 e. The molecule has 3 aromatic rings. The molecule has 0 saturated carbocycles. The third-order valence-corrected chi connectivity index (χ3v) is 7.96. The van der Waals surface area contributed by atoms with Gasteiger partial charge in [0.05, 0.1) is 21.4 Å². The molecule has 2 heterocycles. The van der Waals surface area contributed by atoms with E-state index in [1.165, 1.54) is 10.4 Å². The molecule has 1 aliphatic rings. The number of para-hydroxylation sites is 1. The summed E-state index contributed by atoms with van der Waals surface area (Å²) in [5, 5.41) is 11.3. The lowest BCUT2D eigenvalue weighted by Gasteiger charge is -2.25. The standard InChI is InChI=1S/C21H21ClN4O4S2/c22-17-9-2-3-10-18(17)23-19(27)14-31-21-25-24-20(30-21)15-7-6-8-16(13-15)32(28,29)26-11-4-1-5-12-26/h2-3,6-10,13H,1,4-5,11-12,14H2,(H,23,27). The van der Waals surface area contributed by atoms with Gasteiger partial charge in [0, 0.05) is 18.7 Å². The maximum Gasteiger partial charge on any atom is 0.277 e. The van der Waals surface area contributed by atoms with Gasteiger partial charge in [-0.2, -0.15) is 4.31 Å². The van der Waals surface area contributed by atoms with Gasteiger partial charge in [0.1, 0.15) is 0 Å². The number of hydrogen-bond acceptors (Lipinski definition) is 7. The molecule has 8 nitrogen and oxygen atoms in total. The van der Waals surface area contributed by atoms with E-state index >= 15 is 0 Å². The van der Waals surface area contributed by atoms with E-state index in [2.05, 4.69) is 15.5 Å². The lowest BCUT2D eigenvalue weighted by Crippen LogP contribution is -2.35. The molecule has 32 heavy (non-hydrogen) atoms. The lowest BCUT2D eigenvalue weighted by atomic mass is 10.2. The van der Waals surface area contributed by atoms with Crippen LogP contribution in [0.5, 0.6) is 0 Å². The first-order valence-electron chi connectivity index (χ1n) is 10.0. The van der Waals surface area contributed by atoms with Gasteiger partial charge in [-0.3, -0.25) is 4.79 Å². The summed E-state index contributed by atoms with van der Waals surface area (Å²) < 4.78 is 33.0. The normalized spacial score (nSPS) is 14.9. The molecule has 0 bridgehead atoms. The van der Waals surface area contributed by atoms with Crippen molar-refractivity contribution in [3.63, 3.8) is 0 Å². The lowest BCUT2D eigenvalue weighted by molar-refractivity contribution is -0.113. The number of hydrogen-bond donors (Lipinski definition) is 1. The van der Waals surface area contributed by atoms with Gasteiger partial charge in [0.15, 0.2) is 0 Å². The van der Waals surface area contributed by atoms with Gasteiger partial charge in [0.2, 0.25) is 21.8 Å². The van der Waals surface area contributed by atoms with Crippen molar-refractivity contribution < 1.29 is 17.6 Å². The van der Waals surface area contributed by atoms with Gasteiger partial charge in [-0.15, -0.1) is 10.2 Å². The number of nitrogens with zero attached hydrogens (tertiary/aromatic N) is 3. The zero-order valence-corrected chi connectivity index (χ0v) is 19.4. The van der Waals surface area contributed by atoms with Crippen molar-refractivity contribution in [2.75, 3.05) is 24.2 Å². The van der Waals surface area contributed by atoms with Crippen molar-refractivity contribution >= 4 is 45.0 Å². The fraction of sp³-hybridized carbons (Fsp3) is 0.286. The van der Waals surface area contributed by atoms with Gasteiger partial charge in [-0.25, -0.2) is 8.42 Å². The quantitative estimate of drug-likeness (QED) is 0.490.